The summed E-state index contributed by atoms with van der Waals surface area (Å²) in [5.74, 6) is -0.289. The molecule has 0 radical (unpaired) electrons. The van der Waals surface area contributed by atoms with Gasteiger partial charge >= 0.3 is 5.97 Å². The maximum Gasteiger partial charge on any atom is 0.323 e. The molecule has 0 amide bonds. The van der Waals surface area contributed by atoms with Gasteiger partial charge in [-0.25, -0.2) is 0 Å². The molecule has 20 heavy (non-hydrogen) atoms. The van der Waals surface area contributed by atoms with E-state index in [4.69, 9.17) is 10.5 Å². The minimum Gasteiger partial charge on any atom is -0.460 e. The second kappa shape index (κ2) is 10.4. The average Bonchev–Trinajstić information content (AvgIpc) is 2.49. The largest absolute Gasteiger partial charge is 0.460 e. The predicted octanol–water partition coefficient (Wildman–Crippen LogP) is 3.81. The third-order valence-corrected chi connectivity index (χ3v) is 3.40. The third-order valence-electron chi connectivity index (χ3n) is 3.40. The summed E-state index contributed by atoms with van der Waals surface area (Å²) in [6.07, 6.45) is 7.95. The van der Waals surface area contributed by atoms with Crippen LogP contribution < -0.4 is 5.73 Å². The first kappa shape index (κ1) is 16.7. The van der Waals surface area contributed by atoms with Crippen LogP contribution in [0.15, 0.2) is 30.3 Å². The van der Waals surface area contributed by atoms with Crippen molar-refractivity contribution in [3.05, 3.63) is 35.9 Å². The van der Waals surface area contributed by atoms with Crippen molar-refractivity contribution >= 4 is 5.97 Å². The lowest BCUT2D eigenvalue weighted by atomic mass is 10.1. The van der Waals surface area contributed by atoms with E-state index in [1.54, 1.807) is 0 Å². The number of hydrogen-bond donors (Lipinski definition) is 1. The molecule has 0 saturated heterocycles. The van der Waals surface area contributed by atoms with Gasteiger partial charge in [-0.3, -0.25) is 4.79 Å². The standard InChI is InChI=1S/C17H27NO2/c1-2-3-4-5-6-10-13-16(18)17(19)20-14-15-11-8-7-9-12-15/h7-9,11-12,16H,2-6,10,13-14,18H2,1H3/t16-/m0/s1. The topological polar surface area (TPSA) is 52.3 Å². The van der Waals surface area contributed by atoms with Crippen LogP contribution in [0.1, 0.15) is 57.4 Å². The molecule has 0 bridgehead atoms. The molecule has 3 nitrogen and oxygen atoms in total. The lowest BCUT2D eigenvalue weighted by Crippen LogP contribution is -2.32. The Hall–Kier alpha value is -1.35. The second-order valence-corrected chi connectivity index (χ2v) is 5.26. The van der Waals surface area contributed by atoms with E-state index >= 15 is 0 Å². The van der Waals surface area contributed by atoms with Crippen molar-refractivity contribution < 1.29 is 9.53 Å². The Bertz CT molecular complexity index is 365. The molecule has 1 rings (SSSR count). The highest BCUT2D eigenvalue weighted by molar-refractivity contribution is 5.75. The van der Waals surface area contributed by atoms with Gasteiger partial charge in [-0.1, -0.05) is 75.8 Å². The summed E-state index contributed by atoms with van der Waals surface area (Å²) in [7, 11) is 0. The number of benzene rings is 1. The smallest absolute Gasteiger partial charge is 0.323 e. The lowest BCUT2D eigenvalue weighted by molar-refractivity contribution is -0.146. The fourth-order valence-corrected chi connectivity index (χ4v) is 2.10. The summed E-state index contributed by atoms with van der Waals surface area (Å²) in [4.78, 5) is 11.7. The van der Waals surface area contributed by atoms with E-state index in [1.807, 2.05) is 30.3 Å². The molecule has 0 aliphatic carbocycles. The molecular weight excluding hydrogens is 250 g/mol. The van der Waals surface area contributed by atoms with Crippen LogP contribution in [0.4, 0.5) is 0 Å². The Morgan fingerprint density at radius 2 is 1.75 bits per heavy atom. The molecule has 0 spiro atoms. The van der Waals surface area contributed by atoms with Crippen molar-refractivity contribution in [2.24, 2.45) is 5.73 Å². The quantitative estimate of drug-likeness (QED) is 0.522. The highest BCUT2D eigenvalue weighted by Gasteiger charge is 2.14. The Kier molecular flexibility index (Phi) is 8.72. The Morgan fingerprint density at radius 3 is 2.45 bits per heavy atom. The first-order valence-electron chi connectivity index (χ1n) is 7.70. The van der Waals surface area contributed by atoms with Crippen molar-refractivity contribution in [1.29, 1.82) is 0 Å². The van der Waals surface area contributed by atoms with Gasteiger partial charge in [0.25, 0.3) is 0 Å². The molecule has 0 aromatic heterocycles. The molecule has 0 fully saturated rings. The molecule has 2 N–H and O–H groups in total. The number of esters is 1. The molecule has 1 aromatic rings. The maximum absolute atomic E-state index is 11.7. The maximum atomic E-state index is 11.7. The zero-order valence-corrected chi connectivity index (χ0v) is 12.5. The van der Waals surface area contributed by atoms with Gasteiger partial charge in [0.05, 0.1) is 0 Å². The summed E-state index contributed by atoms with van der Waals surface area (Å²) in [6, 6.07) is 9.19. The average molecular weight is 277 g/mol. The number of unbranched alkanes of at least 4 members (excludes halogenated alkanes) is 5. The molecule has 0 aliphatic rings. The van der Waals surface area contributed by atoms with Crippen LogP contribution in [0, 0.1) is 0 Å². The van der Waals surface area contributed by atoms with Gasteiger partial charge in [0.15, 0.2) is 0 Å². The summed E-state index contributed by atoms with van der Waals surface area (Å²) in [5, 5.41) is 0. The molecule has 1 atom stereocenters. The zero-order chi connectivity index (χ0) is 14.6. The summed E-state index contributed by atoms with van der Waals surface area (Å²) in [5.41, 5.74) is 6.84. The van der Waals surface area contributed by atoms with E-state index in [-0.39, 0.29) is 5.97 Å². The fraction of sp³-hybridized carbons (Fsp3) is 0.588. The van der Waals surface area contributed by atoms with Gasteiger partial charge in [0.1, 0.15) is 12.6 Å². The lowest BCUT2D eigenvalue weighted by Gasteiger charge is -2.11. The van der Waals surface area contributed by atoms with E-state index in [1.165, 1.54) is 25.7 Å². The summed E-state index contributed by atoms with van der Waals surface area (Å²) >= 11 is 0. The number of ether oxygens (including phenoxy) is 1. The molecule has 3 heteroatoms. The number of carbonyl (C=O) groups excluding carboxylic acids is 1. The van der Waals surface area contributed by atoms with Crippen LogP contribution in [-0.4, -0.2) is 12.0 Å². The van der Waals surface area contributed by atoms with Gasteiger partial charge in [-0.05, 0) is 12.0 Å². The Morgan fingerprint density at radius 1 is 1.10 bits per heavy atom. The normalized spacial score (nSPS) is 12.1. The number of rotatable bonds is 10. The predicted molar refractivity (Wildman–Crippen MR) is 82.2 cm³/mol. The van der Waals surface area contributed by atoms with Crippen LogP contribution in [0.25, 0.3) is 0 Å². The van der Waals surface area contributed by atoms with Crippen molar-refractivity contribution in [1.82, 2.24) is 0 Å². The molecule has 0 heterocycles. The van der Waals surface area contributed by atoms with Crippen molar-refractivity contribution in [2.45, 2.75) is 64.5 Å². The van der Waals surface area contributed by atoms with Crippen LogP contribution in [0.5, 0.6) is 0 Å². The van der Waals surface area contributed by atoms with Crippen LogP contribution in [-0.2, 0) is 16.1 Å². The van der Waals surface area contributed by atoms with Crippen molar-refractivity contribution in [2.75, 3.05) is 0 Å². The van der Waals surface area contributed by atoms with Crippen molar-refractivity contribution in [3.8, 4) is 0 Å². The van der Waals surface area contributed by atoms with E-state index in [9.17, 15) is 4.79 Å². The van der Waals surface area contributed by atoms with Gasteiger partial charge < -0.3 is 10.5 Å². The Balaban J connectivity index is 2.10. The molecular formula is C17H27NO2. The van der Waals surface area contributed by atoms with E-state index in [0.29, 0.717) is 6.61 Å². The third kappa shape index (κ3) is 7.29. The monoisotopic (exact) mass is 277 g/mol. The number of nitrogens with two attached hydrogens (primary N) is 1. The van der Waals surface area contributed by atoms with E-state index in [0.717, 1.165) is 24.8 Å². The zero-order valence-electron chi connectivity index (χ0n) is 12.5. The summed E-state index contributed by atoms with van der Waals surface area (Å²) < 4.78 is 5.22. The fourth-order valence-electron chi connectivity index (χ4n) is 2.10. The summed E-state index contributed by atoms with van der Waals surface area (Å²) in [6.45, 7) is 2.52. The van der Waals surface area contributed by atoms with E-state index < -0.39 is 6.04 Å². The molecule has 0 saturated carbocycles. The SMILES string of the molecule is CCCCCCCC[C@H](N)C(=O)OCc1ccccc1. The molecule has 1 aromatic carbocycles. The van der Waals surface area contributed by atoms with E-state index in [2.05, 4.69) is 6.92 Å². The highest BCUT2D eigenvalue weighted by Crippen LogP contribution is 2.09. The number of hydrogen-bond acceptors (Lipinski definition) is 3. The second-order valence-electron chi connectivity index (χ2n) is 5.26. The highest BCUT2D eigenvalue weighted by atomic mass is 16.5. The Labute approximate surface area is 122 Å². The number of carbonyl (C=O) groups is 1. The van der Waals surface area contributed by atoms with Crippen LogP contribution >= 0.6 is 0 Å². The van der Waals surface area contributed by atoms with Crippen LogP contribution in [0.2, 0.25) is 0 Å². The molecule has 0 aliphatic heterocycles. The first-order valence-corrected chi connectivity index (χ1v) is 7.70. The minimum absolute atomic E-state index is 0.289. The van der Waals surface area contributed by atoms with Gasteiger partial charge in [-0.2, -0.15) is 0 Å². The molecule has 112 valence electrons. The van der Waals surface area contributed by atoms with Gasteiger partial charge in [0.2, 0.25) is 0 Å². The van der Waals surface area contributed by atoms with Crippen LogP contribution in [0.3, 0.4) is 0 Å². The minimum atomic E-state index is -0.482. The van der Waals surface area contributed by atoms with Crippen molar-refractivity contribution in [3.63, 3.8) is 0 Å². The van der Waals surface area contributed by atoms with Gasteiger partial charge in [-0.15, -0.1) is 0 Å². The van der Waals surface area contributed by atoms with Gasteiger partial charge in [0, 0.05) is 0 Å². The first-order chi connectivity index (χ1) is 9.74. The molecule has 0 unspecified atom stereocenters.